The maximum atomic E-state index is 12.1. The van der Waals surface area contributed by atoms with Gasteiger partial charge in [-0.3, -0.25) is 4.79 Å². The second-order valence-electron chi connectivity index (χ2n) is 6.04. The highest BCUT2D eigenvalue weighted by atomic mass is 16.6. The Hall–Kier alpha value is -2.38. The number of anilines is 1. The van der Waals surface area contributed by atoms with Crippen LogP contribution in [0.15, 0.2) is 12.4 Å². The number of nitrogens with one attached hydrogen (secondary N) is 1. The van der Waals surface area contributed by atoms with Gasteiger partial charge in [0.1, 0.15) is 17.8 Å². The Morgan fingerprint density at radius 2 is 1.96 bits per heavy atom. The first-order valence-electron chi connectivity index (χ1n) is 8.28. The van der Waals surface area contributed by atoms with Crippen molar-refractivity contribution in [3.05, 3.63) is 18.1 Å². The molecule has 2 rings (SSSR count). The highest BCUT2D eigenvalue weighted by Gasteiger charge is 2.23. The smallest absolute Gasteiger partial charge is 0.409 e. The summed E-state index contributed by atoms with van der Waals surface area (Å²) in [6.07, 6.45) is 1.12. The van der Waals surface area contributed by atoms with Crippen molar-refractivity contribution in [3.8, 4) is 0 Å². The largest absolute Gasteiger partial charge is 0.450 e. The molecular weight excluding hydrogens is 310 g/mol. The van der Waals surface area contributed by atoms with Gasteiger partial charge in [-0.15, -0.1) is 0 Å². The van der Waals surface area contributed by atoms with Gasteiger partial charge < -0.3 is 19.9 Å². The zero-order valence-electron chi connectivity index (χ0n) is 14.5. The first-order valence-corrected chi connectivity index (χ1v) is 8.28. The Labute approximate surface area is 142 Å². The molecule has 0 aliphatic carbocycles. The van der Waals surface area contributed by atoms with Crippen LogP contribution in [0.3, 0.4) is 0 Å². The zero-order valence-corrected chi connectivity index (χ0v) is 14.5. The predicted molar refractivity (Wildman–Crippen MR) is 90.0 cm³/mol. The minimum Gasteiger partial charge on any atom is -0.450 e. The quantitative estimate of drug-likeness (QED) is 0.868. The SMILES string of the molecule is CCOC(=O)N1CCN(c2cc(C(=O)NCC(C)C)ncn2)CC1. The van der Waals surface area contributed by atoms with Crippen molar-refractivity contribution < 1.29 is 14.3 Å². The average molecular weight is 335 g/mol. The number of amides is 2. The van der Waals surface area contributed by atoms with E-state index in [1.165, 1.54) is 6.33 Å². The van der Waals surface area contributed by atoms with Crippen molar-refractivity contribution in [1.29, 1.82) is 0 Å². The number of carbonyl (C=O) groups excluding carboxylic acids is 2. The van der Waals surface area contributed by atoms with Gasteiger partial charge in [-0.1, -0.05) is 13.8 Å². The van der Waals surface area contributed by atoms with Crippen LogP contribution >= 0.6 is 0 Å². The van der Waals surface area contributed by atoms with Gasteiger partial charge >= 0.3 is 6.09 Å². The fraction of sp³-hybridized carbons (Fsp3) is 0.625. The minimum atomic E-state index is -0.284. The van der Waals surface area contributed by atoms with E-state index in [-0.39, 0.29) is 12.0 Å². The molecule has 1 aromatic rings. The Balaban J connectivity index is 1.95. The van der Waals surface area contributed by atoms with E-state index < -0.39 is 0 Å². The van der Waals surface area contributed by atoms with Crippen LogP contribution in [0.4, 0.5) is 10.6 Å². The lowest BCUT2D eigenvalue weighted by molar-refractivity contribution is 0.0943. The van der Waals surface area contributed by atoms with Gasteiger partial charge in [0.2, 0.25) is 0 Å². The van der Waals surface area contributed by atoms with E-state index in [1.54, 1.807) is 17.9 Å². The van der Waals surface area contributed by atoms with Crippen LogP contribution in [0, 0.1) is 5.92 Å². The number of ether oxygens (including phenoxy) is 1. The first kappa shape index (κ1) is 18.0. The molecule has 0 radical (unpaired) electrons. The number of hydrogen-bond acceptors (Lipinski definition) is 6. The van der Waals surface area contributed by atoms with Crippen molar-refractivity contribution in [2.75, 3.05) is 44.2 Å². The Kier molecular flexibility index (Phi) is 6.34. The van der Waals surface area contributed by atoms with Gasteiger partial charge in [0.05, 0.1) is 6.61 Å². The molecule has 24 heavy (non-hydrogen) atoms. The number of rotatable bonds is 5. The van der Waals surface area contributed by atoms with Gasteiger partial charge in [0, 0.05) is 38.8 Å². The summed E-state index contributed by atoms with van der Waals surface area (Å²) in [7, 11) is 0. The van der Waals surface area contributed by atoms with Crippen LogP contribution in [0.1, 0.15) is 31.3 Å². The van der Waals surface area contributed by atoms with E-state index in [2.05, 4.69) is 15.3 Å². The molecule has 1 aliphatic heterocycles. The van der Waals surface area contributed by atoms with Crippen LogP contribution in [0.25, 0.3) is 0 Å². The van der Waals surface area contributed by atoms with Gasteiger partial charge in [-0.2, -0.15) is 0 Å². The summed E-state index contributed by atoms with van der Waals surface area (Å²) in [5.41, 5.74) is 0.355. The molecule has 8 nitrogen and oxygen atoms in total. The normalized spacial score (nSPS) is 14.7. The molecule has 1 N–H and O–H groups in total. The van der Waals surface area contributed by atoms with E-state index in [9.17, 15) is 9.59 Å². The molecule has 132 valence electrons. The van der Waals surface area contributed by atoms with E-state index in [1.807, 2.05) is 18.7 Å². The van der Waals surface area contributed by atoms with E-state index in [4.69, 9.17) is 4.74 Å². The third-order valence-corrected chi connectivity index (χ3v) is 3.69. The molecule has 1 saturated heterocycles. The molecule has 0 aromatic carbocycles. The van der Waals surface area contributed by atoms with E-state index in [0.717, 1.165) is 0 Å². The molecule has 0 atom stereocenters. The first-order chi connectivity index (χ1) is 11.5. The minimum absolute atomic E-state index is 0.197. The average Bonchev–Trinajstić information content (AvgIpc) is 2.60. The van der Waals surface area contributed by atoms with Crippen LogP contribution in [0.5, 0.6) is 0 Å². The predicted octanol–water partition coefficient (Wildman–Crippen LogP) is 1.14. The second kappa shape index (κ2) is 8.47. The maximum Gasteiger partial charge on any atom is 0.409 e. The van der Waals surface area contributed by atoms with Crippen LogP contribution in [-0.2, 0) is 4.74 Å². The topological polar surface area (TPSA) is 87.7 Å². The van der Waals surface area contributed by atoms with Gasteiger partial charge in [0.15, 0.2) is 0 Å². The third-order valence-electron chi connectivity index (χ3n) is 3.69. The standard InChI is InChI=1S/C16H25N5O3/c1-4-24-16(23)21-7-5-20(6-8-21)14-9-13(18-11-19-14)15(22)17-10-12(2)3/h9,11-12H,4-8,10H2,1-3H3,(H,17,22). The lowest BCUT2D eigenvalue weighted by Gasteiger charge is -2.34. The summed E-state index contributed by atoms with van der Waals surface area (Å²) in [6.45, 7) is 9.27. The molecular formula is C16H25N5O3. The highest BCUT2D eigenvalue weighted by molar-refractivity contribution is 5.92. The van der Waals surface area contributed by atoms with E-state index >= 15 is 0 Å². The zero-order chi connectivity index (χ0) is 17.5. The van der Waals surface area contributed by atoms with Gasteiger partial charge in [-0.25, -0.2) is 14.8 Å². The fourth-order valence-electron chi connectivity index (χ4n) is 2.36. The van der Waals surface area contributed by atoms with Gasteiger partial charge in [0.25, 0.3) is 5.91 Å². The number of carbonyl (C=O) groups is 2. The van der Waals surface area contributed by atoms with Crippen LogP contribution in [0.2, 0.25) is 0 Å². The van der Waals surface area contributed by atoms with Crippen LogP contribution in [-0.4, -0.2) is 66.2 Å². The summed E-state index contributed by atoms with van der Waals surface area (Å²) < 4.78 is 5.01. The molecule has 0 spiro atoms. The highest BCUT2D eigenvalue weighted by Crippen LogP contribution is 2.14. The second-order valence-corrected chi connectivity index (χ2v) is 6.04. The Morgan fingerprint density at radius 1 is 1.25 bits per heavy atom. The molecule has 8 heteroatoms. The summed E-state index contributed by atoms with van der Waals surface area (Å²) in [5, 5.41) is 2.85. The van der Waals surface area contributed by atoms with E-state index in [0.29, 0.717) is 56.8 Å². The number of hydrogen-bond donors (Lipinski definition) is 1. The van der Waals surface area contributed by atoms with Crippen molar-refractivity contribution in [2.24, 2.45) is 5.92 Å². The molecule has 1 aromatic heterocycles. The lowest BCUT2D eigenvalue weighted by atomic mass is 10.2. The molecule has 1 fully saturated rings. The van der Waals surface area contributed by atoms with Crippen molar-refractivity contribution >= 4 is 17.8 Å². The summed E-state index contributed by atoms with van der Waals surface area (Å²) >= 11 is 0. The van der Waals surface area contributed by atoms with Gasteiger partial charge in [-0.05, 0) is 12.8 Å². The Bertz CT molecular complexity index is 571. The summed E-state index contributed by atoms with van der Waals surface area (Å²) in [6, 6.07) is 1.69. The lowest BCUT2D eigenvalue weighted by Crippen LogP contribution is -2.49. The molecule has 0 saturated carbocycles. The molecule has 2 heterocycles. The summed E-state index contributed by atoms with van der Waals surface area (Å²) in [4.78, 5) is 35.8. The number of aromatic nitrogens is 2. The fourth-order valence-corrected chi connectivity index (χ4v) is 2.36. The monoisotopic (exact) mass is 335 g/mol. The van der Waals surface area contributed by atoms with Crippen LogP contribution < -0.4 is 10.2 Å². The molecule has 0 unspecified atom stereocenters. The number of nitrogens with zero attached hydrogens (tertiary/aromatic N) is 4. The molecule has 0 bridgehead atoms. The maximum absolute atomic E-state index is 12.1. The van der Waals surface area contributed by atoms with Crippen molar-refractivity contribution in [1.82, 2.24) is 20.2 Å². The Morgan fingerprint density at radius 3 is 2.58 bits per heavy atom. The third kappa shape index (κ3) is 4.81. The number of piperazine rings is 1. The van der Waals surface area contributed by atoms with Crippen molar-refractivity contribution in [2.45, 2.75) is 20.8 Å². The molecule has 2 amide bonds. The summed E-state index contributed by atoms with van der Waals surface area (Å²) in [5.74, 6) is 0.881. The van der Waals surface area contributed by atoms with Crippen molar-refractivity contribution in [3.63, 3.8) is 0 Å². The molecule has 1 aliphatic rings.